The summed E-state index contributed by atoms with van der Waals surface area (Å²) in [7, 11) is 0. The fourth-order valence-electron chi connectivity index (χ4n) is 1.49. The zero-order chi connectivity index (χ0) is 14.4. The van der Waals surface area contributed by atoms with Crippen LogP contribution in [0.3, 0.4) is 0 Å². The predicted octanol–water partition coefficient (Wildman–Crippen LogP) is 0.636. The van der Waals surface area contributed by atoms with Crippen molar-refractivity contribution < 1.29 is 27.9 Å². The van der Waals surface area contributed by atoms with Crippen molar-refractivity contribution in [2.45, 2.75) is 43.9 Å². The smallest absolute Gasteiger partial charge is 0.415 e. The lowest BCUT2D eigenvalue weighted by molar-refractivity contribution is -0.189. The van der Waals surface area contributed by atoms with E-state index in [0.29, 0.717) is 19.8 Å². The van der Waals surface area contributed by atoms with E-state index in [1.54, 1.807) is 0 Å². The molecule has 18 heavy (non-hydrogen) atoms. The molecule has 8 heteroatoms. The van der Waals surface area contributed by atoms with Crippen LogP contribution in [0, 0.1) is 5.92 Å². The molecule has 0 bridgehead atoms. The van der Waals surface area contributed by atoms with Crippen molar-refractivity contribution in [1.29, 1.82) is 0 Å². The third kappa shape index (κ3) is 2.43. The van der Waals surface area contributed by atoms with Crippen LogP contribution in [-0.4, -0.2) is 34.2 Å². The largest absolute Gasteiger partial charge is 0.480 e. The number of hydrogen-bond acceptors (Lipinski definition) is 3. The summed E-state index contributed by atoms with van der Waals surface area (Å²) >= 11 is 0. The van der Waals surface area contributed by atoms with Crippen LogP contribution in [0.5, 0.6) is 0 Å². The van der Waals surface area contributed by atoms with Gasteiger partial charge in [-0.15, -0.1) is 0 Å². The highest BCUT2D eigenvalue weighted by molar-refractivity contribution is 5.92. The van der Waals surface area contributed by atoms with Gasteiger partial charge in [-0.2, -0.15) is 13.2 Å². The van der Waals surface area contributed by atoms with Gasteiger partial charge in [-0.25, -0.2) is 4.79 Å². The van der Waals surface area contributed by atoms with E-state index in [1.807, 2.05) is 5.32 Å². The van der Waals surface area contributed by atoms with E-state index >= 15 is 0 Å². The zero-order valence-corrected chi connectivity index (χ0v) is 9.97. The number of aliphatic carboxylic acids is 1. The first kappa shape index (κ1) is 14.7. The molecule has 1 aliphatic rings. The molecule has 2 atom stereocenters. The third-order valence-corrected chi connectivity index (χ3v) is 3.27. The second-order valence-corrected chi connectivity index (χ2v) is 4.94. The molecule has 5 nitrogen and oxygen atoms in total. The van der Waals surface area contributed by atoms with Crippen LogP contribution in [0.25, 0.3) is 0 Å². The Labute approximate surface area is 102 Å². The Hall–Kier alpha value is -1.31. The molecule has 2 unspecified atom stereocenters. The lowest BCUT2D eigenvalue weighted by atomic mass is 9.93. The maximum atomic E-state index is 12.5. The number of amides is 1. The molecule has 0 aromatic carbocycles. The molecule has 104 valence electrons. The molecule has 1 aliphatic carbocycles. The summed E-state index contributed by atoms with van der Waals surface area (Å²) in [6.07, 6.45) is -3.84. The van der Waals surface area contributed by atoms with Gasteiger partial charge in [0.25, 0.3) is 0 Å². The number of carbonyl (C=O) groups excluding carboxylic acids is 1. The van der Waals surface area contributed by atoms with Crippen molar-refractivity contribution in [3.05, 3.63) is 0 Å². The Kier molecular flexibility index (Phi) is 3.37. The number of carboxylic acids is 1. The van der Waals surface area contributed by atoms with Gasteiger partial charge in [0.2, 0.25) is 5.91 Å². The number of alkyl halides is 3. The fraction of sp³-hybridized carbons (Fsp3) is 0.800. The molecule has 1 amide bonds. The lowest BCUT2D eigenvalue weighted by Gasteiger charge is -2.32. The third-order valence-electron chi connectivity index (χ3n) is 3.27. The Bertz CT molecular complexity index is 377. The molecule has 0 radical (unpaired) electrons. The van der Waals surface area contributed by atoms with Gasteiger partial charge in [0, 0.05) is 0 Å². The van der Waals surface area contributed by atoms with Crippen molar-refractivity contribution >= 4 is 11.9 Å². The van der Waals surface area contributed by atoms with E-state index in [0.717, 1.165) is 0 Å². The van der Waals surface area contributed by atoms with Crippen LogP contribution in [0.15, 0.2) is 0 Å². The second kappa shape index (κ2) is 4.11. The SMILES string of the molecule is CC(NC(=O)C(C)(N)C(F)(F)F)(C(=O)O)C1CC1. The maximum Gasteiger partial charge on any atom is 0.415 e. The van der Waals surface area contributed by atoms with Gasteiger partial charge in [0.1, 0.15) is 5.54 Å². The van der Waals surface area contributed by atoms with Crippen molar-refractivity contribution in [3.8, 4) is 0 Å². The molecule has 0 aliphatic heterocycles. The van der Waals surface area contributed by atoms with E-state index in [4.69, 9.17) is 10.8 Å². The molecule has 0 aromatic heterocycles. The summed E-state index contributed by atoms with van der Waals surface area (Å²) in [5.74, 6) is -3.26. The first-order valence-corrected chi connectivity index (χ1v) is 5.34. The predicted molar refractivity (Wildman–Crippen MR) is 55.6 cm³/mol. The van der Waals surface area contributed by atoms with Gasteiger partial charge in [0.15, 0.2) is 5.54 Å². The van der Waals surface area contributed by atoms with Gasteiger partial charge in [-0.3, -0.25) is 4.79 Å². The normalized spacial score (nSPS) is 22.8. The van der Waals surface area contributed by atoms with Crippen LogP contribution in [0.1, 0.15) is 26.7 Å². The fourth-order valence-corrected chi connectivity index (χ4v) is 1.49. The van der Waals surface area contributed by atoms with Gasteiger partial charge >= 0.3 is 12.1 Å². The van der Waals surface area contributed by atoms with Crippen molar-refractivity contribution in [2.24, 2.45) is 11.7 Å². The molecule has 0 aromatic rings. The minimum atomic E-state index is -4.94. The molecular weight excluding hydrogens is 253 g/mol. The summed E-state index contributed by atoms with van der Waals surface area (Å²) in [4.78, 5) is 22.6. The molecule has 1 rings (SSSR count). The zero-order valence-electron chi connectivity index (χ0n) is 9.97. The van der Waals surface area contributed by atoms with Crippen LogP contribution in [-0.2, 0) is 9.59 Å². The summed E-state index contributed by atoms with van der Waals surface area (Å²) in [6.45, 7) is 1.70. The average molecular weight is 268 g/mol. The number of carbonyl (C=O) groups is 2. The topological polar surface area (TPSA) is 92.4 Å². The Morgan fingerprint density at radius 1 is 1.28 bits per heavy atom. The summed E-state index contributed by atoms with van der Waals surface area (Å²) in [5, 5.41) is 10.9. The summed E-state index contributed by atoms with van der Waals surface area (Å²) in [6, 6.07) is 0. The van der Waals surface area contributed by atoms with Gasteiger partial charge in [0.05, 0.1) is 0 Å². The average Bonchev–Trinajstić information content (AvgIpc) is 2.98. The van der Waals surface area contributed by atoms with Crippen LogP contribution in [0.4, 0.5) is 13.2 Å². The van der Waals surface area contributed by atoms with Crippen molar-refractivity contribution in [1.82, 2.24) is 5.32 Å². The summed E-state index contributed by atoms with van der Waals surface area (Å²) in [5.41, 5.74) is 0.117. The lowest BCUT2D eigenvalue weighted by Crippen LogP contribution is -2.66. The molecule has 0 saturated heterocycles. The number of rotatable bonds is 4. The number of nitrogens with one attached hydrogen (secondary N) is 1. The Morgan fingerprint density at radius 3 is 2.00 bits per heavy atom. The molecule has 4 N–H and O–H groups in total. The van der Waals surface area contributed by atoms with Gasteiger partial charge < -0.3 is 16.2 Å². The first-order chi connectivity index (χ1) is 7.93. The molecule has 0 spiro atoms. The molecule has 1 fully saturated rings. The van der Waals surface area contributed by atoms with Crippen molar-refractivity contribution in [3.63, 3.8) is 0 Å². The van der Waals surface area contributed by atoms with Crippen LogP contribution >= 0.6 is 0 Å². The van der Waals surface area contributed by atoms with Gasteiger partial charge in [-0.1, -0.05) is 0 Å². The minimum Gasteiger partial charge on any atom is -0.480 e. The van der Waals surface area contributed by atoms with Crippen molar-refractivity contribution in [2.75, 3.05) is 0 Å². The van der Waals surface area contributed by atoms with E-state index in [9.17, 15) is 22.8 Å². The van der Waals surface area contributed by atoms with Crippen LogP contribution < -0.4 is 11.1 Å². The molecule has 0 heterocycles. The standard InChI is InChI=1S/C10H15F3N2O3/c1-8(7(17)18,5-3-4-5)15-6(16)9(2,14)10(11,12)13/h5H,3-4,14H2,1-2H3,(H,15,16)(H,17,18). The maximum absolute atomic E-state index is 12.5. The monoisotopic (exact) mass is 268 g/mol. The van der Waals surface area contributed by atoms with E-state index in [2.05, 4.69) is 0 Å². The Morgan fingerprint density at radius 2 is 1.72 bits per heavy atom. The van der Waals surface area contributed by atoms with E-state index < -0.39 is 29.1 Å². The second-order valence-electron chi connectivity index (χ2n) is 4.94. The highest BCUT2D eigenvalue weighted by Gasteiger charge is 2.57. The number of carboxylic acid groups (broad SMARTS) is 1. The Balaban J connectivity index is 2.90. The van der Waals surface area contributed by atoms with E-state index in [-0.39, 0.29) is 5.92 Å². The highest BCUT2D eigenvalue weighted by Crippen LogP contribution is 2.40. The number of hydrogen-bond donors (Lipinski definition) is 3. The number of nitrogens with two attached hydrogens (primary N) is 1. The molecular formula is C10H15F3N2O3. The summed E-state index contributed by atoms with van der Waals surface area (Å²) < 4.78 is 37.6. The molecule has 1 saturated carbocycles. The quantitative estimate of drug-likeness (QED) is 0.697. The first-order valence-electron chi connectivity index (χ1n) is 5.34. The minimum absolute atomic E-state index is 0.358. The highest BCUT2D eigenvalue weighted by atomic mass is 19.4. The van der Waals surface area contributed by atoms with Gasteiger partial charge in [-0.05, 0) is 32.6 Å². The van der Waals surface area contributed by atoms with E-state index in [1.165, 1.54) is 6.92 Å². The number of halogens is 3. The van der Waals surface area contributed by atoms with Crippen LogP contribution in [0.2, 0.25) is 0 Å².